The van der Waals surface area contributed by atoms with Crippen LogP contribution in [0.25, 0.3) is 0 Å². The van der Waals surface area contributed by atoms with Crippen molar-refractivity contribution in [1.29, 1.82) is 0 Å². The van der Waals surface area contributed by atoms with Crippen LogP contribution >= 0.6 is 0 Å². The molecule has 0 heterocycles. The second kappa shape index (κ2) is 11.5. The van der Waals surface area contributed by atoms with Gasteiger partial charge in [0.1, 0.15) is 0 Å². The van der Waals surface area contributed by atoms with Crippen LogP contribution in [-0.4, -0.2) is 12.7 Å². The molecule has 2 saturated carbocycles. The van der Waals surface area contributed by atoms with Crippen LogP contribution in [0.4, 0.5) is 0 Å². The van der Waals surface area contributed by atoms with Crippen LogP contribution in [0, 0.1) is 17.8 Å². The summed E-state index contributed by atoms with van der Waals surface area (Å²) in [5.74, 6) is 3.15. The van der Waals surface area contributed by atoms with Crippen LogP contribution in [0.1, 0.15) is 110 Å². The number of rotatable bonds is 10. The first-order chi connectivity index (χ1) is 11.3. The van der Waals surface area contributed by atoms with Crippen molar-refractivity contribution >= 4 is 0 Å². The highest BCUT2D eigenvalue weighted by molar-refractivity contribution is 4.82. The summed E-state index contributed by atoms with van der Waals surface area (Å²) in [6.45, 7) is 5.59. The molecule has 0 N–H and O–H groups in total. The van der Waals surface area contributed by atoms with E-state index in [1.807, 2.05) is 0 Å². The molecule has 0 aromatic heterocycles. The normalized spacial score (nSPS) is 32.1. The maximum absolute atomic E-state index is 6.09. The molecule has 0 unspecified atom stereocenters. The van der Waals surface area contributed by atoms with E-state index in [0.717, 1.165) is 24.4 Å². The lowest BCUT2D eigenvalue weighted by Gasteiger charge is -2.38. The monoisotopic (exact) mass is 322 g/mol. The molecule has 2 rings (SSSR count). The highest BCUT2D eigenvalue weighted by Crippen LogP contribution is 2.41. The standard InChI is InChI=1S/C22H42O/c1-3-5-7-9-19-10-12-20(13-11-19)21-14-16-22(17-15-21)23-18-8-6-4-2/h19-22H,3-18H2,1-2H3. The van der Waals surface area contributed by atoms with Gasteiger partial charge in [-0.25, -0.2) is 0 Å². The smallest absolute Gasteiger partial charge is 0.0575 e. The van der Waals surface area contributed by atoms with Gasteiger partial charge in [0.15, 0.2) is 0 Å². The summed E-state index contributed by atoms with van der Waals surface area (Å²) in [5.41, 5.74) is 0. The van der Waals surface area contributed by atoms with Gasteiger partial charge in [-0.1, -0.05) is 65.2 Å². The highest BCUT2D eigenvalue weighted by atomic mass is 16.5. The molecule has 0 bridgehead atoms. The van der Waals surface area contributed by atoms with Crippen LogP contribution in [0.3, 0.4) is 0 Å². The first kappa shape index (κ1) is 19.3. The fourth-order valence-corrected chi connectivity index (χ4v) is 4.96. The van der Waals surface area contributed by atoms with E-state index in [4.69, 9.17) is 4.74 Å². The quantitative estimate of drug-likeness (QED) is 0.388. The summed E-state index contributed by atoms with van der Waals surface area (Å²) in [6.07, 6.45) is 22.0. The SMILES string of the molecule is CCCCCOC1CCC(C2CCC(CCCCC)CC2)CC1. The second-order valence-corrected chi connectivity index (χ2v) is 8.39. The lowest BCUT2D eigenvalue weighted by atomic mass is 9.70. The van der Waals surface area contributed by atoms with Gasteiger partial charge in [0.25, 0.3) is 0 Å². The Kier molecular flexibility index (Phi) is 9.65. The van der Waals surface area contributed by atoms with Crippen LogP contribution in [-0.2, 0) is 4.74 Å². The van der Waals surface area contributed by atoms with Crippen LogP contribution in [0.2, 0.25) is 0 Å². The van der Waals surface area contributed by atoms with Gasteiger partial charge in [-0.3, -0.25) is 0 Å². The zero-order valence-electron chi connectivity index (χ0n) is 16.0. The zero-order chi connectivity index (χ0) is 16.3. The predicted molar refractivity (Wildman–Crippen MR) is 101 cm³/mol. The Morgan fingerprint density at radius 2 is 1.22 bits per heavy atom. The largest absolute Gasteiger partial charge is 0.378 e. The molecule has 0 aliphatic heterocycles. The lowest BCUT2D eigenvalue weighted by Crippen LogP contribution is -2.28. The van der Waals surface area contributed by atoms with Crippen molar-refractivity contribution < 1.29 is 4.74 Å². The summed E-state index contributed by atoms with van der Waals surface area (Å²) < 4.78 is 6.09. The Balaban J connectivity index is 1.55. The Hall–Kier alpha value is -0.0400. The van der Waals surface area contributed by atoms with Crippen LogP contribution in [0.15, 0.2) is 0 Å². The van der Waals surface area contributed by atoms with Crippen molar-refractivity contribution in [2.75, 3.05) is 6.61 Å². The van der Waals surface area contributed by atoms with Gasteiger partial charge in [0.05, 0.1) is 6.10 Å². The van der Waals surface area contributed by atoms with Crippen LogP contribution < -0.4 is 0 Å². The fraction of sp³-hybridized carbons (Fsp3) is 1.00. The van der Waals surface area contributed by atoms with Crippen molar-refractivity contribution in [2.24, 2.45) is 17.8 Å². The molecule has 2 fully saturated rings. The summed E-state index contributed by atoms with van der Waals surface area (Å²) in [7, 11) is 0. The molecule has 2 aliphatic carbocycles. The summed E-state index contributed by atoms with van der Waals surface area (Å²) in [4.78, 5) is 0. The molecule has 0 radical (unpaired) electrons. The Labute approximate surface area is 146 Å². The van der Waals surface area contributed by atoms with Crippen molar-refractivity contribution in [2.45, 2.75) is 116 Å². The molecular weight excluding hydrogens is 280 g/mol. The number of hydrogen-bond donors (Lipinski definition) is 0. The molecule has 2 aliphatic rings. The molecule has 0 amide bonds. The molecule has 0 saturated heterocycles. The third-order valence-electron chi connectivity index (χ3n) is 6.59. The molecule has 0 spiro atoms. The van der Waals surface area contributed by atoms with Gasteiger partial charge in [-0.05, 0) is 62.7 Å². The minimum Gasteiger partial charge on any atom is -0.378 e. The Morgan fingerprint density at radius 3 is 1.83 bits per heavy atom. The molecule has 1 nitrogen and oxygen atoms in total. The molecule has 23 heavy (non-hydrogen) atoms. The fourth-order valence-electron chi connectivity index (χ4n) is 4.96. The van der Waals surface area contributed by atoms with Gasteiger partial charge in [-0.15, -0.1) is 0 Å². The average Bonchev–Trinajstić information content (AvgIpc) is 2.60. The molecule has 0 atom stereocenters. The van der Waals surface area contributed by atoms with E-state index in [1.165, 1.54) is 96.3 Å². The average molecular weight is 323 g/mol. The van der Waals surface area contributed by atoms with Crippen molar-refractivity contribution in [3.05, 3.63) is 0 Å². The van der Waals surface area contributed by atoms with E-state index in [-0.39, 0.29) is 0 Å². The van der Waals surface area contributed by atoms with Crippen molar-refractivity contribution in [1.82, 2.24) is 0 Å². The Morgan fingerprint density at radius 1 is 0.652 bits per heavy atom. The van der Waals surface area contributed by atoms with E-state index in [1.54, 1.807) is 0 Å². The van der Waals surface area contributed by atoms with Gasteiger partial charge < -0.3 is 4.74 Å². The van der Waals surface area contributed by atoms with E-state index < -0.39 is 0 Å². The number of hydrogen-bond acceptors (Lipinski definition) is 1. The third kappa shape index (κ3) is 7.16. The van der Waals surface area contributed by atoms with Crippen LogP contribution in [0.5, 0.6) is 0 Å². The number of unbranched alkanes of at least 4 members (excludes halogenated alkanes) is 4. The highest BCUT2D eigenvalue weighted by Gasteiger charge is 2.30. The van der Waals surface area contributed by atoms with Gasteiger partial charge >= 0.3 is 0 Å². The van der Waals surface area contributed by atoms with Gasteiger partial charge in [0, 0.05) is 6.61 Å². The lowest BCUT2D eigenvalue weighted by molar-refractivity contribution is 0.00538. The second-order valence-electron chi connectivity index (χ2n) is 8.39. The van der Waals surface area contributed by atoms with E-state index in [2.05, 4.69) is 13.8 Å². The van der Waals surface area contributed by atoms with Crippen molar-refractivity contribution in [3.63, 3.8) is 0 Å². The minimum atomic E-state index is 0.591. The van der Waals surface area contributed by atoms with Crippen molar-refractivity contribution in [3.8, 4) is 0 Å². The molecule has 0 aromatic carbocycles. The summed E-state index contributed by atoms with van der Waals surface area (Å²) in [5, 5.41) is 0. The maximum atomic E-state index is 6.09. The van der Waals surface area contributed by atoms with E-state index in [9.17, 15) is 0 Å². The first-order valence-electron chi connectivity index (χ1n) is 10.9. The summed E-state index contributed by atoms with van der Waals surface area (Å²) in [6, 6.07) is 0. The topological polar surface area (TPSA) is 9.23 Å². The maximum Gasteiger partial charge on any atom is 0.0575 e. The van der Waals surface area contributed by atoms with E-state index in [0.29, 0.717) is 6.10 Å². The molecule has 136 valence electrons. The molecule has 1 heteroatoms. The first-order valence-corrected chi connectivity index (χ1v) is 10.9. The van der Waals surface area contributed by atoms with Gasteiger partial charge in [-0.2, -0.15) is 0 Å². The third-order valence-corrected chi connectivity index (χ3v) is 6.59. The zero-order valence-corrected chi connectivity index (χ0v) is 16.0. The molecular formula is C22H42O. The Bertz CT molecular complexity index is 272. The van der Waals surface area contributed by atoms with E-state index >= 15 is 0 Å². The minimum absolute atomic E-state index is 0.591. The van der Waals surface area contributed by atoms with Gasteiger partial charge in [0.2, 0.25) is 0 Å². The number of ether oxygens (including phenoxy) is 1. The molecule has 0 aromatic rings. The predicted octanol–water partition coefficient (Wildman–Crippen LogP) is 7.14. The summed E-state index contributed by atoms with van der Waals surface area (Å²) >= 11 is 0.